The van der Waals surface area contributed by atoms with Crippen molar-refractivity contribution in [1.29, 1.82) is 0 Å². The van der Waals surface area contributed by atoms with Crippen LogP contribution in [-0.2, 0) is 34.1 Å². The van der Waals surface area contributed by atoms with E-state index < -0.39 is 0 Å². The Balaban J connectivity index is -0.00000000500. The maximum atomic E-state index is 6.25. The first-order chi connectivity index (χ1) is 9.00. The summed E-state index contributed by atoms with van der Waals surface area (Å²) in [7, 11) is 42.8. The summed E-state index contributed by atoms with van der Waals surface area (Å²) in [5.41, 5.74) is 0. The third-order valence-electron chi connectivity index (χ3n) is 0. The molecule has 0 aliphatic heterocycles. The van der Waals surface area contributed by atoms with Crippen LogP contribution in [0.15, 0.2) is 0 Å². The van der Waals surface area contributed by atoms with Crippen LogP contribution in [0.2, 0.25) is 0 Å². The van der Waals surface area contributed by atoms with E-state index in [0.29, 0.717) is 0 Å². The molecule has 9 nitrogen and oxygen atoms in total. The molecule has 9 N–H and O–H groups in total. The quantitative estimate of drug-likeness (QED) is 0.244. The third-order valence-corrected chi connectivity index (χ3v) is 0. The van der Waals surface area contributed by atoms with Gasteiger partial charge in [-0.25, -0.2) is 0 Å². The van der Waals surface area contributed by atoms with E-state index in [1.165, 1.54) is 0 Å². The first kappa shape index (κ1) is 85.5. The second kappa shape index (κ2) is 14900. The molecule has 27 radical (unpaired) electrons. The summed E-state index contributed by atoms with van der Waals surface area (Å²) in [5, 5.41) is 56.2. The first-order valence-corrected chi connectivity index (χ1v) is 2.01. The minimum Gasteiger partial charge on any atom is -0.380 e. The number of aliphatic hydroxyl groups is 9. The number of hydrogen-bond acceptors (Lipinski definition) is 9. The van der Waals surface area contributed by atoms with Gasteiger partial charge in [0.1, 0.15) is 0 Å². The Morgan fingerprint density at radius 1 is 0.200 bits per heavy atom. The molecule has 0 bridgehead atoms. The molecule has 0 aliphatic rings. The second-order valence-electron chi connectivity index (χ2n) is 0. The maximum absolute atomic E-state index is 6.25. The predicted octanol–water partition coefficient (Wildman–Crippen LogP) is -0.865. The maximum Gasteiger partial charge on any atom is 0.169 e. The molecule has 115 valence electrons. The normalized spacial score (nSPS) is 2.70. The van der Waals surface area contributed by atoms with Crippen molar-refractivity contribution in [2.24, 2.45) is 0 Å². The van der Waals surface area contributed by atoms with Crippen LogP contribution in [0.25, 0.3) is 0 Å². The average molecular weight is 373 g/mol. The smallest absolute Gasteiger partial charge is 0.169 e. The van der Waals surface area contributed by atoms with Crippen molar-refractivity contribution in [2.45, 2.75) is 0 Å². The average Bonchev–Trinajstić information content (AvgIpc) is 2.63. The molecular formula is C9H9Fe2O9. The van der Waals surface area contributed by atoms with Crippen LogP contribution < -0.4 is 0 Å². The van der Waals surface area contributed by atoms with Gasteiger partial charge in [-0.05, 0) is 0 Å². The fourth-order valence-electron chi connectivity index (χ4n) is 0. The second-order valence-corrected chi connectivity index (χ2v) is 0. The SMILES string of the molecule is [C]O.[C]O.[C]O.[C]O.[C]O.[C]O.[C]O.[C]O.[C]O.[Fe].[Fe]. The van der Waals surface area contributed by atoms with Crippen LogP contribution in [-0.4, -0.2) is 46.0 Å². The Morgan fingerprint density at radius 3 is 0.200 bits per heavy atom. The van der Waals surface area contributed by atoms with Crippen molar-refractivity contribution in [3.63, 3.8) is 0 Å². The van der Waals surface area contributed by atoms with E-state index in [-0.39, 0.29) is 34.1 Å². The molecule has 0 saturated heterocycles. The van der Waals surface area contributed by atoms with E-state index in [4.69, 9.17) is 110 Å². The van der Waals surface area contributed by atoms with Gasteiger partial charge in [0, 0.05) is 34.1 Å². The summed E-state index contributed by atoms with van der Waals surface area (Å²) >= 11 is 0. The monoisotopic (exact) mass is 373 g/mol. The standard InChI is InChI=1S/9CHO.2Fe/c9*1-2;;/h9*2H;;. The molecule has 0 aromatic carbocycles. The van der Waals surface area contributed by atoms with Gasteiger partial charge in [0.2, 0.25) is 0 Å². The molecule has 0 rings (SSSR count). The Kier molecular flexibility index (Phi) is 63700. The van der Waals surface area contributed by atoms with Crippen LogP contribution in [0.4, 0.5) is 0 Å². The van der Waals surface area contributed by atoms with Crippen LogP contribution in [0.5, 0.6) is 0 Å². The Labute approximate surface area is 144 Å². The number of rotatable bonds is 0. The van der Waals surface area contributed by atoms with Crippen LogP contribution in [0, 0.1) is 64.0 Å². The molecule has 0 aromatic rings. The summed E-state index contributed by atoms with van der Waals surface area (Å²) in [6.07, 6.45) is 0. The fraction of sp³-hybridized carbons (Fsp3) is 0. The van der Waals surface area contributed by atoms with E-state index >= 15 is 0 Å². The van der Waals surface area contributed by atoms with Gasteiger partial charge in [0.05, 0.1) is 0 Å². The zero-order valence-electron chi connectivity index (χ0n) is 9.23. The summed E-state index contributed by atoms with van der Waals surface area (Å²) in [6.45, 7) is 0. The minimum atomic E-state index is 0. The summed E-state index contributed by atoms with van der Waals surface area (Å²) in [4.78, 5) is 0. The number of aliphatic hydroxyl groups excluding tert-OH is 9. The Bertz CT molecular complexity index is 27.4. The molecule has 0 aromatic heterocycles. The minimum absolute atomic E-state index is 0. The molecule has 0 aliphatic carbocycles. The van der Waals surface area contributed by atoms with E-state index in [9.17, 15) is 0 Å². The molecule has 11 heteroatoms. The van der Waals surface area contributed by atoms with Crippen molar-refractivity contribution in [3.05, 3.63) is 64.0 Å². The molecule has 0 saturated carbocycles. The van der Waals surface area contributed by atoms with Gasteiger partial charge in [0.15, 0.2) is 64.0 Å². The van der Waals surface area contributed by atoms with Crippen molar-refractivity contribution < 1.29 is 80.1 Å². The molecule has 0 spiro atoms. The van der Waals surface area contributed by atoms with Gasteiger partial charge < -0.3 is 46.0 Å². The molecule has 0 unspecified atom stereocenters. The zero-order chi connectivity index (χ0) is 18.0. The first-order valence-electron chi connectivity index (χ1n) is 2.01. The van der Waals surface area contributed by atoms with Gasteiger partial charge in [-0.2, -0.15) is 0 Å². The molecular weight excluding hydrogens is 364 g/mol. The molecule has 0 atom stereocenters. The van der Waals surface area contributed by atoms with Crippen LogP contribution in [0.1, 0.15) is 0 Å². The van der Waals surface area contributed by atoms with E-state index in [0.717, 1.165) is 0 Å². The molecule has 0 fully saturated rings. The van der Waals surface area contributed by atoms with E-state index in [1.54, 1.807) is 0 Å². The third kappa shape index (κ3) is 12700. The summed E-state index contributed by atoms with van der Waals surface area (Å²) < 4.78 is 0. The van der Waals surface area contributed by atoms with Crippen molar-refractivity contribution in [1.82, 2.24) is 0 Å². The Hall–Kier alpha value is 0.679. The molecule has 0 amide bonds. The molecule has 20 heavy (non-hydrogen) atoms. The van der Waals surface area contributed by atoms with Crippen molar-refractivity contribution in [3.8, 4) is 0 Å². The van der Waals surface area contributed by atoms with Crippen LogP contribution >= 0.6 is 0 Å². The van der Waals surface area contributed by atoms with E-state index in [1.807, 2.05) is 0 Å². The zero-order valence-corrected chi connectivity index (χ0v) is 11.4. The molecule has 0 heterocycles. The Morgan fingerprint density at radius 2 is 0.200 bits per heavy atom. The predicted molar refractivity (Wildman–Crippen MR) is 46.6 cm³/mol. The number of hydrogen-bond donors (Lipinski definition) is 9. The van der Waals surface area contributed by atoms with Crippen molar-refractivity contribution in [2.75, 3.05) is 0 Å². The van der Waals surface area contributed by atoms with E-state index in [2.05, 4.69) is 0 Å². The largest absolute Gasteiger partial charge is 0.380 e. The van der Waals surface area contributed by atoms with Crippen LogP contribution in [0.3, 0.4) is 0 Å². The summed E-state index contributed by atoms with van der Waals surface area (Å²) in [6, 6.07) is 0. The van der Waals surface area contributed by atoms with Gasteiger partial charge in [-0.15, -0.1) is 0 Å². The van der Waals surface area contributed by atoms with Gasteiger partial charge in [-0.3, -0.25) is 0 Å². The van der Waals surface area contributed by atoms with Gasteiger partial charge >= 0.3 is 0 Å². The summed E-state index contributed by atoms with van der Waals surface area (Å²) in [5.74, 6) is 0. The fourth-order valence-corrected chi connectivity index (χ4v) is 0. The topological polar surface area (TPSA) is 182 Å². The van der Waals surface area contributed by atoms with Gasteiger partial charge in [-0.1, -0.05) is 0 Å². The van der Waals surface area contributed by atoms with Gasteiger partial charge in [0.25, 0.3) is 0 Å². The van der Waals surface area contributed by atoms with Crippen molar-refractivity contribution >= 4 is 0 Å².